The number of pyridine rings is 1. The lowest BCUT2D eigenvalue weighted by atomic mass is 9.95. The fourth-order valence-corrected chi connectivity index (χ4v) is 5.71. The van der Waals surface area contributed by atoms with Crippen molar-refractivity contribution in [2.75, 3.05) is 4.90 Å². The number of halogens is 7. The zero-order valence-corrected chi connectivity index (χ0v) is 32.3. The maximum Gasteiger partial charge on any atom is 0.426 e. The maximum atomic E-state index is 15.4. The fourth-order valence-electron chi connectivity index (χ4n) is 5.71. The molecule has 312 valence electrons. The third kappa shape index (κ3) is 10.7. The Morgan fingerprint density at radius 3 is 2.03 bits per heavy atom. The largest absolute Gasteiger partial charge is 0.473 e. The van der Waals surface area contributed by atoms with Crippen molar-refractivity contribution in [1.29, 1.82) is 0 Å². The Morgan fingerprint density at radius 2 is 1.47 bits per heavy atom. The number of nitrogens with zero attached hydrogens (tertiary/aromatic N) is 4. The highest BCUT2D eigenvalue weighted by Crippen LogP contribution is 2.48. The molecule has 11 nitrogen and oxygen atoms in total. The number of anilines is 1. The van der Waals surface area contributed by atoms with Crippen molar-refractivity contribution in [3.63, 3.8) is 0 Å². The topological polar surface area (TPSA) is 126 Å². The number of rotatable bonds is 6. The zero-order chi connectivity index (χ0) is 42.7. The minimum Gasteiger partial charge on any atom is -0.473 e. The number of carbonyl (C=O) groups excluding carboxylic acids is 2. The van der Waals surface area contributed by atoms with Crippen LogP contribution in [0, 0.1) is 5.82 Å². The van der Waals surface area contributed by atoms with E-state index in [1.165, 1.54) is 78.0 Å². The number of carbonyl (C=O) groups is 2. The van der Waals surface area contributed by atoms with Gasteiger partial charge in [0.05, 0.1) is 12.3 Å². The molecule has 0 spiro atoms. The van der Waals surface area contributed by atoms with Crippen molar-refractivity contribution in [3.8, 4) is 17.5 Å². The number of imide groups is 1. The van der Waals surface area contributed by atoms with Gasteiger partial charge >= 0.3 is 24.5 Å². The van der Waals surface area contributed by atoms with Crippen LogP contribution < -0.4 is 9.64 Å². The molecule has 1 unspecified atom stereocenters. The number of aromatic nitrogens is 3. The third-order valence-corrected chi connectivity index (χ3v) is 8.31. The summed E-state index contributed by atoms with van der Waals surface area (Å²) in [7, 11) is 0. The summed E-state index contributed by atoms with van der Waals surface area (Å²) in [6.07, 6.45) is -13.3. The lowest BCUT2D eigenvalue weighted by Crippen LogP contribution is -2.45. The summed E-state index contributed by atoms with van der Waals surface area (Å²) in [4.78, 5) is 31.7. The van der Waals surface area contributed by atoms with Crippen molar-refractivity contribution < 1.29 is 63.7 Å². The smallest absolute Gasteiger partial charge is 0.426 e. The molecule has 2 amide bonds. The van der Waals surface area contributed by atoms with Gasteiger partial charge in [0.25, 0.3) is 11.8 Å². The minimum absolute atomic E-state index is 0.104. The standard InChI is InChI=1S/C40H41F7N4O7/c1-36(2,3)57-34(52)51(35(53)58-37(4,5)6)29-22-28(39(42,43)44)31-48-30(29)32-49-50-33(56-32)38(40(45,46)47,54-23-25-13-9-7-10-14-25)20-12-8-11-15-27(55-31)21-24-16-18-26(41)19-17-24/h7-11,13-14,16-19,22,27H,12,15,20-21,23H2,1-6H3/b11-8-/t27?,38-/m1/s1. The second-order valence-electron chi connectivity index (χ2n) is 15.3. The molecule has 5 rings (SSSR count). The lowest BCUT2D eigenvalue weighted by molar-refractivity contribution is -0.299. The van der Waals surface area contributed by atoms with Crippen LogP contribution >= 0.6 is 0 Å². The zero-order valence-electron chi connectivity index (χ0n) is 32.3. The van der Waals surface area contributed by atoms with Gasteiger partial charge in [0.2, 0.25) is 11.5 Å². The molecule has 1 aliphatic rings. The Bertz CT molecular complexity index is 2060. The van der Waals surface area contributed by atoms with E-state index in [2.05, 4.69) is 15.2 Å². The predicted molar refractivity (Wildman–Crippen MR) is 194 cm³/mol. The summed E-state index contributed by atoms with van der Waals surface area (Å²) in [5.74, 6) is -3.76. The van der Waals surface area contributed by atoms with Crippen LogP contribution in [0.2, 0.25) is 0 Å². The molecular formula is C40H41F7N4O7. The number of hydrogen-bond acceptors (Lipinski definition) is 10. The average Bonchev–Trinajstić information content (AvgIpc) is 3.59. The van der Waals surface area contributed by atoms with Gasteiger partial charge in [-0.05, 0) is 83.7 Å². The van der Waals surface area contributed by atoms with E-state index in [0.29, 0.717) is 17.2 Å². The van der Waals surface area contributed by atoms with Gasteiger partial charge in [-0.15, -0.1) is 10.2 Å². The van der Waals surface area contributed by atoms with Crippen LogP contribution in [0.15, 0.2) is 77.2 Å². The van der Waals surface area contributed by atoms with Gasteiger partial charge in [-0.25, -0.2) is 19.0 Å². The lowest BCUT2D eigenvalue weighted by Gasteiger charge is -2.32. The Kier molecular flexibility index (Phi) is 12.6. The van der Waals surface area contributed by atoms with E-state index in [4.69, 9.17) is 23.4 Å². The van der Waals surface area contributed by atoms with Crippen molar-refractivity contribution in [1.82, 2.24) is 15.2 Å². The number of benzene rings is 2. The fraction of sp³-hybridized carbons (Fsp3) is 0.425. The van der Waals surface area contributed by atoms with E-state index in [0.717, 1.165) is 12.1 Å². The number of alkyl halides is 6. The molecule has 0 fully saturated rings. The summed E-state index contributed by atoms with van der Waals surface area (Å²) >= 11 is 0. The van der Waals surface area contributed by atoms with Crippen LogP contribution in [0.5, 0.6) is 5.88 Å². The first-order valence-corrected chi connectivity index (χ1v) is 18.0. The summed E-state index contributed by atoms with van der Waals surface area (Å²) in [6, 6.07) is 13.3. The van der Waals surface area contributed by atoms with Gasteiger partial charge in [0.1, 0.15) is 28.7 Å². The minimum atomic E-state index is -5.28. The molecule has 2 aromatic carbocycles. The maximum absolute atomic E-state index is 15.4. The van der Waals surface area contributed by atoms with Crippen molar-refractivity contribution >= 4 is 17.9 Å². The summed E-state index contributed by atoms with van der Waals surface area (Å²) in [5, 5.41) is 7.44. The SMILES string of the molecule is CC(C)(C)OC(=O)N(C(=O)OC(C)(C)C)c1cc(C(F)(F)F)c2nc1-c1nnc(o1)[C@@](OCc1ccccc1)(C(F)(F)F)CC/C=C\CC(Cc1ccc(F)cc1)O2. The second-order valence-corrected chi connectivity index (χ2v) is 15.3. The molecule has 1 aliphatic heterocycles. The van der Waals surface area contributed by atoms with E-state index in [1.54, 1.807) is 18.2 Å². The molecule has 4 bridgehead atoms. The molecule has 0 radical (unpaired) electrons. The highest BCUT2D eigenvalue weighted by molar-refractivity contribution is 6.11. The van der Waals surface area contributed by atoms with Gasteiger partial charge in [-0.3, -0.25) is 0 Å². The van der Waals surface area contributed by atoms with E-state index in [-0.39, 0.29) is 24.2 Å². The molecule has 0 aliphatic carbocycles. The first-order chi connectivity index (χ1) is 27.0. The number of ether oxygens (including phenoxy) is 4. The Balaban J connectivity index is 1.80. The second kappa shape index (κ2) is 16.8. The van der Waals surface area contributed by atoms with E-state index in [9.17, 15) is 14.0 Å². The van der Waals surface area contributed by atoms with Gasteiger partial charge in [0, 0.05) is 12.8 Å². The summed E-state index contributed by atoms with van der Waals surface area (Å²) < 4.78 is 133. The molecule has 0 saturated heterocycles. The molecule has 2 aromatic heterocycles. The highest BCUT2D eigenvalue weighted by Gasteiger charge is 2.61. The van der Waals surface area contributed by atoms with E-state index < -0.39 is 101 Å². The Labute approximate surface area is 329 Å². The highest BCUT2D eigenvalue weighted by atomic mass is 19.4. The van der Waals surface area contributed by atoms with Crippen LogP contribution in [-0.4, -0.2) is 50.9 Å². The van der Waals surface area contributed by atoms with Crippen LogP contribution in [-0.2, 0) is 39.0 Å². The predicted octanol–water partition coefficient (Wildman–Crippen LogP) is 10.7. The molecular weight excluding hydrogens is 781 g/mol. The van der Waals surface area contributed by atoms with E-state index >= 15 is 26.3 Å². The average molecular weight is 823 g/mol. The Morgan fingerprint density at radius 1 is 0.845 bits per heavy atom. The number of amides is 2. The van der Waals surface area contributed by atoms with Gasteiger partial charge in [-0.1, -0.05) is 54.6 Å². The van der Waals surface area contributed by atoms with Crippen LogP contribution in [0.1, 0.15) is 83.4 Å². The van der Waals surface area contributed by atoms with Crippen LogP contribution in [0.3, 0.4) is 0 Å². The summed E-state index contributed by atoms with van der Waals surface area (Å²) in [6.45, 7) is 7.96. The van der Waals surface area contributed by atoms with Gasteiger partial charge in [-0.2, -0.15) is 31.2 Å². The van der Waals surface area contributed by atoms with Crippen molar-refractivity contribution in [2.24, 2.45) is 0 Å². The third-order valence-electron chi connectivity index (χ3n) is 8.31. The normalized spacial score (nSPS) is 18.4. The molecule has 4 aromatic rings. The van der Waals surface area contributed by atoms with Gasteiger partial charge in [0.15, 0.2) is 5.69 Å². The molecule has 58 heavy (non-hydrogen) atoms. The van der Waals surface area contributed by atoms with Crippen molar-refractivity contribution in [3.05, 3.63) is 101 Å². The molecule has 18 heteroatoms. The molecule has 0 N–H and O–H groups in total. The summed E-state index contributed by atoms with van der Waals surface area (Å²) in [5.41, 5.74) is -8.58. The number of fused-ring (bicyclic) bond motifs is 5. The van der Waals surface area contributed by atoms with Crippen LogP contribution in [0.25, 0.3) is 11.6 Å². The van der Waals surface area contributed by atoms with Crippen molar-refractivity contribution in [2.45, 2.75) is 109 Å². The van der Waals surface area contributed by atoms with E-state index in [1.807, 2.05) is 0 Å². The molecule has 0 saturated carbocycles. The first-order valence-electron chi connectivity index (χ1n) is 18.0. The molecule has 2 atom stereocenters. The molecule has 3 heterocycles. The number of hydrogen-bond donors (Lipinski definition) is 0. The monoisotopic (exact) mass is 822 g/mol. The number of allylic oxidation sites excluding steroid dienone is 1. The first kappa shape index (κ1) is 43.6. The van der Waals surface area contributed by atoms with Crippen LogP contribution in [0.4, 0.5) is 46.0 Å². The quantitative estimate of drug-likeness (QED) is 0.137. The van der Waals surface area contributed by atoms with Gasteiger partial charge < -0.3 is 23.4 Å². The Hall–Kier alpha value is -5.52.